The van der Waals surface area contributed by atoms with Crippen LogP contribution >= 0.6 is 0 Å². The van der Waals surface area contributed by atoms with Crippen LogP contribution in [0.3, 0.4) is 0 Å². The van der Waals surface area contributed by atoms with Gasteiger partial charge in [0.05, 0.1) is 29.4 Å². The Hall–Kier alpha value is -4.46. The van der Waals surface area contributed by atoms with Crippen LogP contribution in [0.2, 0.25) is 0 Å². The minimum Gasteiger partial charge on any atom is -0.507 e. The van der Waals surface area contributed by atoms with Gasteiger partial charge in [0.2, 0.25) is 0 Å². The quantitative estimate of drug-likeness (QED) is 0.194. The number of pyridine rings is 1. The highest BCUT2D eigenvalue weighted by atomic mass is 16.5. The van der Waals surface area contributed by atoms with Gasteiger partial charge in [0.25, 0.3) is 11.7 Å². The fraction of sp³-hybridized carbons (Fsp3) is 0.267. The molecular weight excluding hydrogens is 484 g/mol. The molecule has 0 saturated carbocycles. The van der Waals surface area contributed by atoms with Gasteiger partial charge in [0.15, 0.2) is 0 Å². The van der Waals surface area contributed by atoms with E-state index in [1.165, 1.54) is 4.90 Å². The normalized spacial score (nSPS) is 16.8. The van der Waals surface area contributed by atoms with E-state index in [0.717, 1.165) is 0 Å². The second-order valence-corrected chi connectivity index (χ2v) is 9.56. The van der Waals surface area contributed by atoms with Crippen LogP contribution in [-0.2, 0) is 20.9 Å². The van der Waals surface area contributed by atoms with E-state index in [4.69, 9.17) is 9.47 Å². The van der Waals surface area contributed by atoms with Crippen molar-refractivity contribution in [2.75, 3.05) is 0 Å². The molecule has 3 aromatic rings. The van der Waals surface area contributed by atoms with Gasteiger partial charge in [0, 0.05) is 24.5 Å². The summed E-state index contributed by atoms with van der Waals surface area (Å²) >= 11 is 0. The van der Waals surface area contributed by atoms with Gasteiger partial charge in [-0.2, -0.15) is 0 Å². The molecule has 1 aliphatic heterocycles. The standard InChI is InChI=1S/C30H30N2O6/c1-18(2)37-24-13-11-21(12-14-24)27(33)25-26(23-6-5-15-31-16-23)32(29(35)28(25)34)17-20-7-9-22(10-8-20)30(36)38-19(3)4/h5-16,18-19,26,33H,17H2,1-4H3/b27-25+. The van der Waals surface area contributed by atoms with E-state index in [1.807, 2.05) is 13.8 Å². The Balaban J connectivity index is 1.69. The van der Waals surface area contributed by atoms with Gasteiger partial charge in [-0.1, -0.05) is 18.2 Å². The number of hydrogen-bond acceptors (Lipinski definition) is 7. The Labute approximate surface area is 221 Å². The zero-order chi connectivity index (χ0) is 27.4. The zero-order valence-electron chi connectivity index (χ0n) is 21.8. The number of likely N-dealkylation sites (tertiary alicyclic amines) is 1. The predicted octanol–water partition coefficient (Wildman–Crippen LogP) is 5.06. The number of Topliss-reactive ketones (excluding diaryl/α,β-unsaturated/α-hetero) is 1. The van der Waals surface area contributed by atoms with Gasteiger partial charge in [-0.25, -0.2) is 4.79 Å². The molecular formula is C30H30N2O6. The molecule has 38 heavy (non-hydrogen) atoms. The molecule has 1 aromatic heterocycles. The number of rotatable bonds is 8. The topological polar surface area (TPSA) is 106 Å². The molecule has 0 radical (unpaired) electrons. The maximum Gasteiger partial charge on any atom is 0.338 e. The molecule has 4 rings (SSSR count). The second kappa shape index (κ2) is 11.3. The largest absolute Gasteiger partial charge is 0.507 e. The minimum atomic E-state index is -0.846. The van der Waals surface area contributed by atoms with Crippen LogP contribution in [0.25, 0.3) is 5.76 Å². The average Bonchev–Trinajstić information content (AvgIpc) is 3.14. The van der Waals surface area contributed by atoms with Crippen molar-refractivity contribution >= 4 is 23.4 Å². The van der Waals surface area contributed by atoms with Crippen molar-refractivity contribution in [2.45, 2.75) is 52.5 Å². The lowest BCUT2D eigenvalue weighted by molar-refractivity contribution is -0.140. The summed E-state index contributed by atoms with van der Waals surface area (Å²) in [5.41, 5.74) is 2.05. The number of benzene rings is 2. The van der Waals surface area contributed by atoms with E-state index in [0.29, 0.717) is 28.0 Å². The Morgan fingerprint density at radius 3 is 2.18 bits per heavy atom. The number of aromatic nitrogens is 1. The fourth-order valence-electron chi connectivity index (χ4n) is 4.27. The number of esters is 1. The highest BCUT2D eigenvalue weighted by Crippen LogP contribution is 2.40. The molecule has 1 unspecified atom stereocenters. The Kier molecular flexibility index (Phi) is 7.90. The van der Waals surface area contributed by atoms with Gasteiger partial charge in [-0.3, -0.25) is 14.6 Å². The summed E-state index contributed by atoms with van der Waals surface area (Å²) in [4.78, 5) is 44.2. The van der Waals surface area contributed by atoms with Gasteiger partial charge in [0.1, 0.15) is 11.5 Å². The van der Waals surface area contributed by atoms with E-state index in [-0.39, 0.29) is 30.1 Å². The van der Waals surface area contributed by atoms with Crippen LogP contribution in [0.1, 0.15) is 60.8 Å². The van der Waals surface area contributed by atoms with Crippen LogP contribution < -0.4 is 4.74 Å². The molecule has 1 amide bonds. The Morgan fingerprint density at radius 2 is 1.61 bits per heavy atom. The summed E-state index contributed by atoms with van der Waals surface area (Å²) in [6.45, 7) is 7.45. The van der Waals surface area contributed by atoms with E-state index in [1.54, 1.807) is 86.9 Å². The van der Waals surface area contributed by atoms with Crippen LogP contribution in [0.15, 0.2) is 78.6 Å². The predicted molar refractivity (Wildman–Crippen MR) is 141 cm³/mol. The molecule has 0 aliphatic carbocycles. The van der Waals surface area contributed by atoms with Crippen LogP contribution in [-0.4, -0.2) is 44.9 Å². The molecule has 1 fully saturated rings. The van der Waals surface area contributed by atoms with Crippen LogP contribution in [0, 0.1) is 0 Å². The van der Waals surface area contributed by atoms with E-state index >= 15 is 0 Å². The van der Waals surface area contributed by atoms with Crippen molar-refractivity contribution in [3.8, 4) is 5.75 Å². The lowest BCUT2D eigenvalue weighted by atomic mass is 9.96. The van der Waals surface area contributed by atoms with Gasteiger partial charge < -0.3 is 19.5 Å². The van der Waals surface area contributed by atoms with Gasteiger partial charge in [-0.05, 0) is 81.3 Å². The summed E-state index contributed by atoms with van der Waals surface area (Å²) in [6.07, 6.45) is 2.91. The van der Waals surface area contributed by atoms with Crippen molar-refractivity contribution in [1.29, 1.82) is 0 Å². The molecule has 0 spiro atoms. The SMILES string of the molecule is CC(C)OC(=O)c1ccc(CN2C(=O)C(=O)/C(=C(/O)c3ccc(OC(C)C)cc3)C2c2cccnc2)cc1. The van der Waals surface area contributed by atoms with Crippen molar-refractivity contribution in [1.82, 2.24) is 9.88 Å². The summed E-state index contributed by atoms with van der Waals surface area (Å²) in [7, 11) is 0. The summed E-state index contributed by atoms with van der Waals surface area (Å²) in [6, 6.07) is 16.0. The number of hydrogen-bond donors (Lipinski definition) is 1. The monoisotopic (exact) mass is 514 g/mol. The van der Waals surface area contributed by atoms with Crippen molar-refractivity contribution in [3.63, 3.8) is 0 Å². The molecule has 1 aliphatic rings. The lowest BCUT2D eigenvalue weighted by Crippen LogP contribution is -2.29. The number of nitrogens with zero attached hydrogens (tertiary/aromatic N) is 2. The lowest BCUT2D eigenvalue weighted by Gasteiger charge is -2.25. The average molecular weight is 515 g/mol. The molecule has 8 nitrogen and oxygen atoms in total. The summed E-state index contributed by atoms with van der Waals surface area (Å²) < 4.78 is 10.9. The first-order valence-electron chi connectivity index (χ1n) is 12.4. The molecule has 2 aromatic carbocycles. The molecule has 1 saturated heterocycles. The fourth-order valence-corrected chi connectivity index (χ4v) is 4.27. The number of carbonyl (C=O) groups is 3. The van der Waals surface area contributed by atoms with Crippen molar-refractivity contribution < 1.29 is 29.0 Å². The Bertz CT molecular complexity index is 1350. The third-order valence-corrected chi connectivity index (χ3v) is 5.92. The first-order chi connectivity index (χ1) is 18.2. The Morgan fingerprint density at radius 1 is 0.947 bits per heavy atom. The molecule has 8 heteroatoms. The number of carbonyl (C=O) groups excluding carboxylic acids is 3. The highest BCUT2D eigenvalue weighted by molar-refractivity contribution is 6.46. The number of aliphatic hydroxyl groups excluding tert-OH is 1. The first-order valence-corrected chi connectivity index (χ1v) is 12.4. The van der Waals surface area contributed by atoms with E-state index in [2.05, 4.69) is 4.98 Å². The van der Waals surface area contributed by atoms with Crippen LogP contribution in [0.4, 0.5) is 0 Å². The number of aliphatic hydroxyl groups is 1. The number of ether oxygens (including phenoxy) is 2. The third-order valence-electron chi connectivity index (χ3n) is 5.92. The summed E-state index contributed by atoms with van der Waals surface area (Å²) in [5.74, 6) is -1.60. The van der Waals surface area contributed by atoms with E-state index < -0.39 is 23.7 Å². The van der Waals surface area contributed by atoms with Gasteiger partial charge in [-0.15, -0.1) is 0 Å². The van der Waals surface area contributed by atoms with E-state index in [9.17, 15) is 19.5 Å². The van der Waals surface area contributed by atoms with Crippen LogP contribution in [0.5, 0.6) is 5.75 Å². The first kappa shape index (κ1) is 26.6. The highest BCUT2D eigenvalue weighted by Gasteiger charge is 2.46. The molecule has 2 heterocycles. The minimum absolute atomic E-state index is 0.0136. The second-order valence-electron chi connectivity index (χ2n) is 9.56. The number of amides is 1. The van der Waals surface area contributed by atoms with Gasteiger partial charge >= 0.3 is 5.97 Å². The molecule has 1 N–H and O–H groups in total. The zero-order valence-corrected chi connectivity index (χ0v) is 21.8. The molecule has 196 valence electrons. The van der Waals surface area contributed by atoms with Crippen molar-refractivity contribution in [2.24, 2.45) is 0 Å². The maximum absolute atomic E-state index is 13.2. The smallest absolute Gasteiger partial charge is 0.338 e. The molecule has 1 atom stereocenters. The van der Waals surface area contributed by atoms with Crippen molar-refractivity contribution in [3.05, 3.63) is 101 Å². The number of ketones is 1. The molecule has 0 bridgehead atoms. The maximum atomic E-state index is 13.2. The summed E-state index contributed by atoms with van der Waals surface area (Å²) in [5, 5.41) is 11.2. The third kappa shape index (κ3) is 5.75.